The summed E-state index contributed by atoms with van der Waals surface area (Å²) in [6, 6.07) is 0. The third kappa shape index (κ3) is 2.67. The van der Waals surface area contributed by atoms with E-state index in [1.54, 1.807) is 7.11 Å². The fourth-order valence-electron chi connectivity index (χ4n) is 1.60. The van der Waals surface area contributed by atoms with Crippen molar-refractivity contribution >= 4 is 5.97 Å². The van der Waals surface area contributed by atoms with Crippen molar-refractivity contribution in [2.24, 2.45) is 5.92 Å². The molecule has 0 aliphatic carbocycles. The van der Waals surface area contributed by atoms with Gasteiger partial charge >= 0.3 is 5.97 Å². The normalized spacial score (nSPS) is 28.5. The van der Waals surface area contributed by atoms with Crippen molar-refractivity contribution in [3.8, 4) is 0 Å². The van der Waals surface area contributed by atoms with Gasteiger partial charge in [0.1, 0.15) is 0 Å². The zero-order valence-corrected chi connectivity index (χ0v) is 8.21. The second-order valence-corrected chi connectivity index (χ2v) is 3.13. The number of hydrogen-bond donors (Lipinski definition) is 1. The minimum absolute atomic E-state index is 0.0344. The molecular weight excluding hydrogens is 170 g/mol. The van der Waals surface area contributed by atoms with Gasteiger partial charge in [-0.3, -0.25) is 4.79 Å². The smallest absolute Gasteiger partial charge is 0.311 e. The van der Waals surface area contributed by atoms with Crippen LogP contribution in [0.3, 0.4) is 0 Å². The molecule has 1 rings (SSSR count). The number of nitrogens with one attached hydrogen (secondary N) is 1. The minimum Gasteiger partial charge on any atom is -0.466 e. The summed E-state index contributed by atoms with van der Waals surface area (Å²) >= 11 is 0. The van der Waals surface area contributed by atoms with Gasteiger partial charge in [0.25, 0.3) is 0 Å². The van der Waals surface area contributed by atoms with Gasteiger partial charge in [-0.1, -0.05) is 0 Å². The highest BCUT2D eigenvalue weighted by Gasteiger charge is 2.31. The van der Waals surface area contributed by atoms with Crippen molar-refractivity contribution in [1.82, 2.24) is 5.32 Å². The number of esters is 1. The molecule has 1 fully saturated rings. The molecule has 1 aliphatic rings. The average molecular weight is 187 g/mol. The number of piperidine rings is 1. The van der Waals surface area contributed by atoms with E-state index in [9.17, 15) is 4.79 Å². The molecule has 4 nitrogen and oxygen atoms in total. The molecule has 0 radical (unpaired) electrons. The first-order valence-corrected chi connectivity index (χ1v) is 4.69. The topological polar surface area (TPSA) is 47.6 Å². The van der Waals surface area contributed by atoms with Gasteiger partial charge in [-0.25, -0.2) is 0 Å². The number of hydrogen-bond acceptors (Lipinski definition) is 4. The van der Waals surface area contributed by atoms with E-state index >= 15 is 0 Å². The Balaban J connectivity index is 2.48. The van der Waals surface area contributed by atoms with Crippen LogP contribution in [0.25, 0.3) is 0 Å². The Hall–Kier alpha value is -0.610. The van der Waals surface area contributed by atoms with E-state index in [-0.39, 0.29) is 18.0 Å². The number of rotatable bonds is 3. The van der Waals surface area contributed by atoms with Crippen molar-refractivity contribution < 1.29 is 14.3 Å². The molecule has 0 aromatic rings. The molecule has 0 aromatic carbocycles. The highest BCUT2D eigenvalue weighted by molar-refractivity contribution is 5.73. The molecule has 13 heavy (non-hydrogen) atoms. The fourth-order valence-corrected chi connectivity index (χ4v) is 1.60. The molecule has 4 heteroatoms. The Morgan fingerprint density at radius 2 is 2.38 bits per heavy atom. The van der Waals surface area contributed by atoms with Crippen LogP contribution in [0.1, 0.15) is 13.3 Å². The third-order valence-corrected chi connectivity index (χ3v) is 2.32. The van der Waals surface area contributed by atoms with Gasteiger partial charge in [0.05, 0.1) is 18.6 Å². The highest BCUT2D eigenvalue weighted by atomic mass is 16.5. The third-order valence-electron chi connectivity index (χ3n) is 2.32. The fraction of sp³-hybridized carbons (Fsp3) is 0.889. The van der Waals surface area contributed by atoms with Gasteiger partial charge < -0.3 is 14.8 Å². The Morgan fingerprint density at radius 3 is 3.00 bits per heavy atom. The van der Waals surface area contributed by atoms with Crippen molar-refractivity contribution in [2.75, 3.05) is 26.8 Å². The number of carbonyl (C=O) groups excluding carboxylic acids is 1. The number of carbonyl (C=O) groups is 1. The van der Waals surface area contributed by atoms with Crippen LogP contribution in [0, 0.1) is 5.92 Å². The van der Waals surface area contributed by atoms with Gasteiger partial charge in [-0.05, 0) is 19.9 Å². The van der Waals surface area contributed by atoms with Crippen LogP contribution in [0.15, 0.2) is 0 Å². The Kier molecular flexibility index (Phi) is 4.18. The molecule has 2 unspecified atom stereocenters. The Labute approximate surface area is 78.6 Å². The van der Waals surface area contributed by atoms with Gasteiger partial charge in [0.15, 0.2) is 0 Å². The summed E-state index contributed by atoms with van der Waals surface area (Å²) in [4.78, 5) is 11.4. The van der Waals surface area contributed by atoms with E-state index in [1.165, 1.54) is 0 Å². The molecule has 0 amide bonds. The zero-order chi connectivity index (χ0) is 9.68. The van der Waals surface area contributed by atoms with Crippen molar-refractivity contribution in [3.63, 3.8) is 0 Å². The lowest BCUT2D eigenvalue weighted by Gasteiger charge is -2.29. The lowest BCUT2D eigenvalue weighted by molar-refractivity contribution is -0.154. The van der Waals surface area contributed by atoms with E-state index in [4.69, 9.17) is 9.47 Å². The quantitative estimate of drug-likeness (QED) is 0.640. The van der Waals surface area contributed by atoms with Crippen LogP contribution < -0.4 is 5.32 Å². The van der Waals surface area contributed by atoms with Crippen LogP contribution >= 0.6 is 0 Å². The molecule has 1 saturated heterocycles. The van der Waals surface area contributed by atoms with Gasteiger partial charge in [0, 0.05) is 13.7 Å². The largest absolute Gasteiger partial charge is 0.466 e. The molecule has 0 saturated carbocycles. The van der Waals surface area contributed by atoms with E-state index in [1.807, 2.05) is 6.92 Å². The molecule has 0 spiro atoms. The van der Waals surface area contributed by atoms with Crippen molar-refractivity contribution in [1.29, 1.82) is 0 Å². The second kappa shape index (κ2) is 5.19. The lowest BCUT2D eigenvalue weighted by atomic mass is 9.95. The monoisotopic (exact) mass is 187 g/mol. The molecule has 1 N–H and O–H groups in total. The predicted molar refractivity (Wildman–Crippen MR) is 48.4 cm³/mol. The summed E-state index contributed by atoms with van der Waals surface area (Å²) in [5.41, 5.74) is 0. The summed E-state index contributed by atoms with van der Waals surface area (Å²) in [5.74, 6) is -0.220. The van der Waals surface area contributed by atoms with Crippen LogP contribution in [-0.4, -0.2) is 38.9 Å². The van der Waals surface area contributed by atoms with Gasteiger partial charge in [0.2, 0.25) is 0 Å². The molecule has 76 valence electrons. The molecule has 0 bridgehead atoms. The van der Waals surface area contributed by atoms with E-state index in [0.29, 0.717) is 6.61 Å². The highest BCUT2D eigenvalue weighted by Crippen LogP contribution is 2.16. The minimum atomic E-state index is -0.129. The first kappa shape index (κ1) is 10.5. The first-order valence-electron chi connectivity index (χ1n) is 4.69. The molecular formula is C9H17NO3. The van der Waals surface area contributed by atoms with Crippen molar-refractivity contribution in [2.45, 2.75) is 19.4 Å². The Bertz CT molecular complexity index is 172. The van der Waals surface area contributed by atoms with E-state index in [0.717, 1.165) is 19.5 Å². The number of methoxy groups -OCH3 is 1. The van der Waals surface area contributed by atoms with Crippen molar-refractivity contribution in [3.05, 3.63) is 0 Å². The summed E-state index contributed by atoms with van der Waals surface area (Å²) in [6.07, 6.45) is 0.768. The molecule has 1 heterocycles. The first-order chi connectivity index (χ1) is 6.29. The molecule has 1 aliphatic heterocycles. The van der Waals surface area contributed by atoms with Crippen LogP contribution in [-0.2, 0) is 14.3 Å². The van der Waals surface area contributed by atoms with Crippen LogP contribution in [0.5, 0.6) is 0 Å². The maximum Gasteiger partial charge on any atom is 0.311 e. The lowest BCUT2D eigenvalue weighted by Crippen LogP contribution is -2.45. The number of ether oxygens (including phenoxy) is 2. The molecule has 2 atom stereocenters. The maximum absolute atomic E-state index is 11.4. The van der Waals surface area contributed by atoms with Crippen LogP contribution in [0.2, 0.25) is 0 Å². The second-order valence-electron chi connectivity index (χ2n) is 3.13. The van der Waals surface area contributed by atoms with Crippen LogP contribution in [0.4, 0.5) is 0 Å². The summed E-state index contributed by atoms with van der Waals surface area (Å²) < 4.78 is 10.2. The van der Waals surface area contributed by atoms with E-state index < -0.39 is 0 Å². The Morgan fingerprint density at radius 1 is 1.62 bits per heavy atom. The summed E-state index contributed by atoms with van der Waals surface area (Å²) in [6.45, 7) is 3.86. The standard InChI is InChI=1S/C9H17NO3/c1-3-13-9(11)7-4-5-10-6-8(7)12-2/h7-8,10H,3-6H2,1-2H3. The summed E-state index contributed by atoms with van der Waals surface area (Å²) in [7, 11) is 1.63. The van der Waals surface area contributed by atoms with Gasteiger partial charge in [-0.15, -0.1) is 0 Å². The molecule has 0 aromatic heterocycles. The van der Waals surface area contributed by atoms with Gasteiger partial charge in [-0.2, -0.15) is 0 Å². The zero-order valence-electron chi connectivity index (χ0n) is 8.21. The average Bonchev–Trinajstić information content (AvgIpc) is 2.18. The predicted octanol–water partition coefficient (Wildman–Crippen LogP) is 0.174. The maximum atomic E-state index is 11.4. The summed E-state index contributed by atoms with van der Waals surface area (Å²) in [5, 5.41) is 3.18. The van der Waals surface area contributed by atoms with E-state index in [2.05, 4.69) is 5.32 Å². The SMILES string of the molecule is CCOC(=O)C1CCNCC1OC.